The number of methoxy groups -OCH3 is 2. The molecule has 0 saturated heterocycles. The molecule has 0 radical (unpaired) electrons. The van der Waals surface area contributed by atoms with E-state index >= 15 is 0 Å². The Labute approximate surface area is 156 Å². The first kappa shape index (κ1) is 18.4. The molecule has 0 unspecified atom stereocenters. The van der Waals surface area contributed by atoms with Gasteiger partial charge in [0.25, 0.3) is 0 Å². The molecule has 2 bridgehead atoms. The highest BCUT2D eigenvalue weighted by atomic mass is 16.5. The molecule has 0 spiro atoms. The average molecular weight is 367 g/mol. The molecule has 2 aromatic rings. The minimum absolute atomic E-state index is 0.0734. The van der Waals surface area contributed by atoms with E-state index < -0.39 is 5.69 Å². The molecule has 0 fully saturated rings. The number of anilines is 1. The van der Waals surface area contributed by atoms with Crippen molar-refractivity contribution >= 4 is 5.95 Å². The van der Waals surface area contributed by atoms with Crippen LogP contribution in [0.25, 0.3) is 5.69 Å². The van der Waals surface area contributed by atoms with E-state index in [0.717, 1.165) is 0 Å². The lowest BCUT2D eigenvalue weighted by Crippen LogP contribution is -2.27. The van der Waals surface area contributed by atoms with Gasteiger partial charge in [0.05, 0.1) is 19.9 Å². The van der Waals surface area contributed by atoms with E-state index in [9.17, 15) is 4.79 Å². The molecule has 2 aliphatic rings. The smallest absolute Gasteiger partial charge is 0.356 e. The number of ether oxygens (including phenoxy) is 2. The van der Waals surface area contributed by atoms with Crippen LogP contribution in [-0.4, -0.2) is 28.8 Å². The second-order valence-electron chi connectivity index (χ2n) is 5.89. The highest BCUT2D eigenvalue weighted by molar-refractivity contribution is 5.50. The summed E-state index contributed by atoms with van der Waals surface area (Å²) in [7, 11) is 3.06. The van der Waals surface area contributed by atoms with Crippen LogP contribution in [0.1, 0.15) is 12.2 Å². The Morgan fingerprint density at radius 1 is 1.07 bits per heavy atom. The minimum Gasteiger partial charge on any atom is -0.493 e. The number of hydrazine groups is 1. The summed E-state index contributed by atoms with van der Waals surface area (Å²) in [6, 6.07) is 5.09. The number of nitrogens with one attached hydrogen (secondary N) is 1. The first-order valence-corrected chi connectivity index (χ1v) is 8.30. The van der Waals surface area contributed by atoms with Gasteiger partial charge in [-0.05, 0) is 36.6 Å². The summed E-state index contributed by atoms with van der Waals surface area (Å²) < 4.78 is 11.7. The lowest BCUT2D eigenvalue weighted by molar-refractivity contribution is 0.355. The summed E-state index contributed by atoms with van der Waals surface area (Å²) >= 11 is 0. The van der Waals surface area contributed by atoms with E-state index in [1.165, 1.54) is 29.2 Å². The number of benzene rings is 1. The number of aryl methyl sites for hydroxylation is 1. The third-order valence-electron chi connectivity index (χ3n) is 4.17. The fourth-order valence-corrected chi connectivity index (χ4v) is 2.84. The number of nitrogens with two attached hydrogens (primary N) is 1. The van der Waals surface area contributed by atoms with Crippen molar-refractivity contribution in [2.75, 3.05) is 19.6 Å². The van der Waals surface area contributed by atoms with Crippen LogP contribution in [0.5, 0.6) is 11.5 Å². The van der Waals surface area contributed by atoms with Crippen LogP contribution in [0.4, 0.5) is 5.95 Å². The molecule has 8 nitrogen and oxygen atoms in total. The highest BCUT2D eigenvalue weighted by Crippen LogP contribution is 2.29. The van der Waals surface area contributed by atoms with Gasteiger partial charge in [0, 0.05) is 6.07 Å². The summed E-state index contributed by atoms with van der Waals surface area (Å²) in [6.45, 7) is 1.68. The van der Waals surface area contributed by atoms with Gasteiger partial charge in [0.15, 0.2) is 11.5 Å². The molecule has 1 heterocycles. The number of hydrogen-bond donors (Lipinski definition) is 2. The maximum absolute atomic E-state index is 12.0. The summed E-state index contributed by atoms with van der Waals surface area (Å²) in [5.41, 5.74) is 5.27. The molecular formula is C19H21N5O3. The molecule has 0 amide bonds. The van der Waals surface area contributed by atoms with E-state index in [1.54, 1.807) is 32.2 Å². The van der Waals surface area contributed by atoms with Crippen molar-refractivity contribution in [3.8, 4) is 17.2 Å². The predicted octanol–water partition coefficient (Wildman–Crippen LogP) is 2.05. The van der Waals surface area contributed by atoms with E-state index in [1.807, 2.05) is 0 Å². The van der Waals surface area contributed by atoms with Crippen LogP contribution in [0.2, 0.25) is 0 Å². The van der Waals surface area contributed by atoms with Crippen LogP contribution < -0.4 is 26.4 Å². The van der Waals surface area contributed by atoms with E-state index in [2.05, 4.69) is 39.7 Å². The largest absolute Gasteiger partial charge is 0.493 e. The Kier molecular flexibility index (Phi) is 5.37. The average Bonchev–Trinajstić information content (AvgIpc) is 3.33. The maximum Gasteiger partial charge on any atom is 0.356 e. The van der Waals surface area contributed by atoms with Gasteiger partial charge in [-0.2, -0.15) is 9.97 Å². The summed E-state index contributed by atoms with van der Waals surface area (Å²) in [5, 5.41) is 0. The number of fused-ring (bicyclic) bond motifs is 2. The molecule has 0 aliphatic heterocycles. The van der Waals surface area contributed by atoms with Crippen molar-refractivity contribution in [2.24, 2.45) is 5.84 Å². The molecule has 2 aliphatic carbocycles. The zero-order chi connectivity index (χ0) is 19.4. The first-order chi connectivity index (χ1) is 13.0. The van der Waals surface area contributed by atoms with Gasteiger partial charge in [-0.25, -0.2) is 15.2 Å². The highest BCUT2D eigenvalue weighted by Gasteiger charge is 2.11. The zero-order valence-electron chi connectivity index (χ0n) is 15.4. The van der Waals surface area contributed by atoms with Crippen LogP contribution >= 0.6 is 0 Å². The number of nitrogens with zero attached hydrogens (tertiary/aromatic N) is 3. The van der Waals surface area contributed by atoms with Gasteiger partial charge in [-0.3, -0.25) is 5.43 Å². The van der Waals surface area contributed by atoms with Gasteiger partial charge < -0.3 is 9.47 Å². The minimum atomic E-state index is -0.488. The topological polar surface area (TPSA) is 104 Å². The lowest BCUT2D eigenvalue weighted by atomic mass is 10.2. The Balaban J connectivity index is 0.000000246. The van der Waals surface area contributed by atoms with Crippen LogP contribution in [0.3, 0.4) is 0 Å². The zero-order valence-corrected chi connectivity index (χ0v) is 15.4. The first-order valence-electron chi connectivity index (χ1n) is 8.30. The van der Waals surface area contributed by atoms with Crippen molar-refractivity contribution in [2.45, 2.75) is 13.3 Å². The molecule has 0 saturated carbocycles. The fourth-order valence-electron chi connectivity index (χ4n) is 2.84. The van der Waals surface area contributed by atoms with Crippen LogP contribution in [0, 0.1) is 6.92 Å². The van der Waals surface area contributed by atoms with Crippen molar-refractivity contribution in [1.82, 2.24) is 14.5 Å². The molecule has 140 valence electrons. The van der Waals surface area contributed by atoms with Crippen LogP contribution in [-0.2, 0) is 0 Å². The Morgan fingerprint density at radius 3 is 2.19 bits per heavy atom. The van der Waals surface area contributed by atoms with Crippen molar-refractivity contribution in [3.05, 3.63) is 70.0 Å². The summed E-state index contributed by atoms with van der Waals surface area (Å²) in [6.07, 6.45) is 9.90. The quantitative estimate of drug-likeness (QED) is 0.629. The van der Waals surface area contributed by atoms with E-state index in [-0.39, 0.29) is 5.95 Å². The third-order valence-corrected chi connectivity index (χ3v) is 4.17. The van der Waals surface area contributed by atoms with Gasteiger partial charge in [-0.1, -0.05) is 24.3 Å². The second kappa shape index (κ2) is 7.88. The molecule has 3 N–H and O–H groups in total. The number of aromatic nitrogens is 3. The summed E-state index contributed by atoms with van der Waals surface area (Å²) in [4.78, 5) is 19.8. The standard InChI is InChI=1S/C12H15N5O3.C7H6/c1-7-14-11(16-13)15-12(18)17(7)8-4-5-9(19-2)10(6-8)20-3;1-2-7-4-3-6(1)5-7/h4-6H,13H2,1-3H3,(H,15,16,18);1-4H,5H2. The molecule has 0 atom stereocenters. The fraction of sp³-hybridized carbons (Fsp3) is 0.211. The van der Waals surface area contributed by atoms with Crippen molar-refractivity contribution in [1.29, 1.82) is 0 Å². The third kappa shape index (κ3) is 3.90. The second-order valence-corrected chi connectivity index (χ2v) is 5.89. The predicted molar refractivity (Wildman–Crippen MR) is 103 cm³/mol. The Bertz CT molecular complexity index is 985. The lowest BCUT2D eigenvalue weighted by Gasteiger charge is -2.12. The SMILES string of the molecule is C1=CC2=CC=C1C2.COc1ccc(-n2c(C)nc(NN)nc2=O)cc1OC. The Hall–Kier alpha value is -3.39. The molecule has 1 aromatic heterocycles. The van der Waals surface area contributed by atoms with Gasteiger partial charge in [-0.15, -0.1) is 0 Å². The monoisotopic (exact) mass is 367 g/mol. The molecule has 1 aromatic carbocycles. The maximum atomic E-state index is 12.0. The number of allylic oxidation sites excluding steroid dienone is 6. The molecular weight excluding hydrogens is 346 g/mol. The van der Waals surface area contributed by atoms with Crippen molar-refractivity contribution < 1.29 is 9.47 Å². The summed E-state index contributed by atoms with van der Waals surface area (Å²) in [5.74, 6) is 6.81. The molecule has 8 heteroatoms. The molecule has 4 rings (SSSR count). The van der Waals surface area contributed by atoms with Gasteiger partial charge >= 0.3 is 5.69 Å². The van der Waals surface area contributed by atoms with Gasteiger partial charge in [0.1, 0.15) is 5.82 Å². The van der Waals surface area contributed by atoms with E-state index in [0.29, 0.717) is 23.0 Å². The van der Waals surface area contributed by atoms with Crippen LogP contribution in [0.15, 0.2) is 58.4 Å². The Morgan fingerprint density at radius 2 is 1.74 bits per heavy atom. The number of nitrogen functional groups attached to an aromatic ring is 1. The normalized spacial score (nSPS) is 13.5. The molecule has 27 heavy (non-hydrogen) atoms. The number of hydrogen-bond acceptors (Lipinski definition) is 7. The van der Waals surface area contributed by atoms with E-state index in [4.69, 9.17) is 15.3 Å². The van der Waals surface area contributed by atoms with Crippen molar-refractivity contribution in [3.63, 3.8) is 0 Å². The number of rotatable bonds is 4. The van der Waals surface area contributed by atoms with Gasteiger partial charge in [0.2, 0.25) is 5.95 Å².